The number of thiazole rings is 1. The molecule has 1 amide bonds. The summed E-state index contributed by atoms with van der Waals surface area (Å²) in [6, 6.07) is 10.1. The van der Waals surface area contributed by atoms with E-state index in [0.717, 1.165) is 49.6 Å². The molecule has 1 fully saturated rings. The predicted molar refractivity (Wildman–Crippen MR) is 107 cm³/mol. The van der Waals surface area contributed by atoms with Crippen LogP contribution >= 0.6 is 23.7 Å². The molecule has 0 spiro atoms. The van der Waals surface area contributed by atoms with Crippen LogP contribution in [0.3, 0.4) is 0 Å². The highest BCUT2D eigenvalue weighted by molar-refractivity contribution is 7.09. The van der Waals surface area contributed by atoms with Gasteiger partial charge in [-0.2, -0.15) is 0 Å². The Morgan fingerprint density at radius 1 is 1.27 bits per heavy atom. The zero-order valence-electron chi connectivity index (χ0n) is 14.8. The summed E-state index contributed by atoms with van der Waals surface area (Å²) >= 11 is 1.51. The van der Waals surface area contributed by atoms with E-state index >= 15 is 0 Å². The number of hydrogen-bond acceptors (Lipinski definition) is 5. The van der Waals surface area contributed by atoms with E-state index < -0.39 is 0 Å². The maximum absolute atomic E-state index is 13.0. The number of hydrogen-bond donors (Lipinski definition) is 1. The van der Waals surface area contributed by atoms with Crippen LogP contribution < -0.4 is 5.73 Å². The van der Waals surface area contributed by atoms with E-state index in [4.69, 9.17) is 10.5 Å². The van der Waals surface area contributed by atoms with Crippen LogP contribution in [0.4, 0.5) is 0 Å². The molecule has 0 unspecified atom stereocenters. The lowest BCUT2D eigenvalue weighted by atomic mass is 9.99. The van der Waals surface area contributed by atoms with Gasteiger partial charge in [0.2, 0.25) is 0 Å². The van der Waals surface area contributed by atoms with Crippen molar-refractivity contribution in [2.45, 2.75) is 25.8 Å². The van der Waals surface area contributed by atoms with Crippen molar-refractivity contribution in [3.63, 3.8) is 0 Å². The number of amides is 1. The number of halogens is 1. The maximum atomic E-state index is 13.0. The molecule has 2 aromatic rings. The van der Waals surface area contributed by atoms with E-state index in [-0.39, 0.29) is 18.3 Å². The number of nitrogens with two attached hydrogens (primary N) is 1. The summed E-state index contributed by atoms with van der Waals surface area (Å²) in [4.78, 5) is 19.5. The van der Waals surface area contributed by atoms with Crippen LogP contribution in [0.1, 0.15) is 33.9 Å². The lowest BCUT2D eigenvalue weighted by Gasteiger charge is -2.29. The highest BCUT2D eigenvalue weighted by atomic mass is 35.5. The Kier molecular flexibility index (Phi) is 8.51. The Balaban J connectivity index is 0.00000243. The molecule has 2 heterocycles. The maximum Gasteiger partial charge on any atom is 0.273 e. The second-order valence-electron chi connectivity index (χ2n) is 6.39. The summed E-state index contributed by atoms with van der Waals surface area (Å²) in [5, 5.41) is 2.78. The van der Waals surface area contributed by atoms with Crippen LogP contribution in [0, 0.1) is 5.92 Å². The molecule has 1 saturated heterocycles. The Morgan fingerprint density at radius 3 is 2.69 bits per heavy atom. The van der Waals surface area contributed by atoms with Crippen molar-refractivity contribution in [3.05, 3.63) is 52.0 Å². The first-order valence-corrected chi connectivity index (χ1v) is 9.69. The van der Waals surface area contributed by atoms with Gasteiger partial charge in [0.1, 0.15) is 5.69 Å². The SMILES string of the molecule is Cl.NCCc1nc(C(=O)N(Cc2ccccc2)CC2CCOCC2)cs1. The smallest absolute Gasteiger partial charge is 0.273 e. The fraction of sp³-hybridized carbons (Fsp3) is 0.474. The van der Waals surface area contributed by atoms with Gasteiger partial charge in [0.25, 0.3) is 5.91 Å². The first-order chi connectivity index (χ1) is 12.3. The third kappa shape index (κ3) is 5.77. The third-order valence-electron chi connectivity index (χ3n) is 4.45. The largest absolute Gasteiger partial charge is 0.381 e. The number of ether oxygens (including phenoxy) is 1. The Hall–Kier alpha value is -1.47. The molecule has 1 aromatic carbocycles. The van der Waals surface area contributed by atoms with Crippen LogP contribution in [0.15, 0.2) is 35.7 Å². The first-order valence-electron chi connectivity index (χ1n) is 8.81. The van der Waals surface area contributed by atoms with Gasteiger partial charge in [-0.15, -0.1) is 23.7 Å². The topological polar surface area (TPSA) is 68.5 Å². The monoisotopic (exact) mass is 395 g/mol. The summed E-state index contributed by atoms with van der Waals surface area (Å²) in [5.74, 6) is 0.499. The van der Waals surface area contributed by atoms with E-state index in [0.29, 0.717) is 24.7 Å². The molecule has 0 aliphatic carbocycles. The summed E-state index contributed by atoms with van der Waals surface area (Å²) in [7, 11) is 0. The predicted octanol–water partition coefficient (Wildman–Crippen LogP) is 3.14. The minimum absolute atomic E-state index is 0. The number of benzene rings is 1. The van der Waals surface area contributed by atoms with Gasteiger partial charge in [0.05, 0.1) is 5.01 Å². The first kappa shape index (κ1) is 20.8. The molecular weight excluding hydrogens is 370 g/mol. The fourth-order valence-corrected chi connectivity index (χ4v) is 3.86. The minimum atomic E-state index is 0. The Morgan fingerprint density at radius 2 is 2.00 bits per heavy atom. The molecule has 0 bridgehead atoms. The molecule has 142 valence electrons. The lowest BCUT2D eigenvalue weighted by Crippen LogP contribution is -2.37. The van der Waals surface area contributed by atoms with Crippen molar-refractivity contribution >= 4 is 29.7 Å². The van der Waals surface area contributed by atoms with Crippen molar-refractivity contribution in [2.75, 3.05) is 26.3 Å². The summed E-state index contributed by atoms with van der Waals surface area (Å²) in [5.41, 5.74) is 7.27. The van der Waals surface area contributed by atoms with Crippen LogP contribution in [-0.2, 0) is 17.7 Å². The van der Waals surface area contributed by atoms with Crippen LogP contribution in [0.25, 0.3) is 0 Å². The molecule has 0 radical (unpaired) electrons. The van der Waals surface area contributed by atoms with Gasteiger partial charge in [-0.1, -0.05) is 30.3 Å². The van der Waals surface area contributed by atoms with Gasteiger partial charge < -0.3 is 15.4 Å². The van der Waals surface area contributed by atoms with Crippen molar-refractivity contribution < 1.29 is 9.53 Å². The van der Waals surface area contributed by atoms with E-state index in [1.807, 2.05) is 28.5 Å². The van der Waals surface area contributed by atoms with E-state index in [9.17, 15) is 4.79 Å². The highest BCUT2D eigenvalue weighted by Gasteiger charge is 2.24. The second kappa shape index (κ2) is 10.6. The average Bonchev–Trinajstić information content (AvgIpc) is 3.11. The molecule has 26 heavy (non-hydrogen) atoms. The normalized spacial score (nSPS) is 14.7. The molecule has 1 aromatic heterocycles. The average molecular weight is 396 g/mol. The van der Waals surface area contributed by atoms with E-state index in [1.54, 1.807) is 0 Å². The lowest BCUT2D eigenvalue weighted by molar-refractivity contribution is 0.0443. The molecule has 1 aliphatic heterocycles. The molecule has 3 rings (SSSR count). The number of aromatic nitrogens is 1. The van der Waals surface area contributed by atoms with Gasteiger partial charge in [-0.05, 0) is 30.9 Å². The molecule has 0 saturated carbocycles. The second-order valence-corrected chi connectivity index (χ2v) is 7.33. The number of carbonyl (C=O) groups excluding carboxylic acids is 1. The molecular formula is C19H26ClN3O2S. The summed E-state index contributed by atoms with van der Waals surface area (Å²) in [6.45, 7) is 3.49. The zero-order valence-corrected chi connectivity index (χ0v) is 16.4. The zero-order chi connectivity index (χ0) is 17.5. The molecule has 7 heteroatoms. The highest BCUT2D eigenvalue weighted by Crippen LogP contribution is 2.20. The number of rotatable bonds is 7. The van der Waals surface area contributed by atoms with Crippen molar-refractivity contribution in [3.8, 4) is 0 Å². The summed E-state index contributed by atoms with van der Waals surface area (Å²) in [6.07, 6.45) is 2.73. The van der Waals surface area contributed by atoms with Crippen molar-refractivity contribution in [1.82, 2.24) is 9.88 Å². The minimum Gasteiger partial charge on any atom is -0.381 e. The van der Waals surface area contributed by atoms with Crippen LogP contribution in [0.5, 0.6) is 0 Å². The van der Waals surface area contributed by atoms with Gasteiger partial charge in [-0.25, -0.2) is 4.98 Å². The molecule has 2 N–H and O–H groups in total. The van der Waals surface area contributed by atoms with Crippen LogP contribution in [0.2, 0.25) is 0 Å². The van der Waals surface area contributed by atoms with Crippen LogP contribution in [-0.4, -0.2) is 42.1 Å². The van der Waals surface area contributed by atoms with E-state index in [1.165, 1.54) is 11.3 Å². The van der Waals surface area contributed by atoms with E-state index in [2.05, 4.69) is 17.1 Å². The third-order valence-corrected chi connectivity index (χ3v) is 5.36. The quantitative estimate of drug-likeness (QED) is 0.781. The Labute approximate surface area is 165 Å². The van der Waals surface area contributed by atoms with Crippen molar-refractivity contribution in [2.24, 2.45) is 11.7 Å². The summed E-state index contributed by atoms with van der Waals surface area (Å²) < 4.78 is 5.45. The standard InChI is InChI=1S/C19H25N3O2S.ClH/c20-9-6-18-21-17(14-25-18)19(23)22(12-15-4-2-1-3-5-15)13-16-7-10-24-11-8-16;/h1-5,14,16H,6-13,20H2;1H. The van der Waals surface area contributed by atoms with Gasteiger partial charge >= 0.3 is 0 Å². The number of nitrogens with zero attached hydrogens (tertiary/aromatic N) is 2. The number of carbonyl (C=O) groups is 1. The van der Waals surface area contributed by atoms with Crippen molar-refractivity contribution in [1.29, 1.82) is 0 Å². The fourth-order valence-electron chi connectivity index (χ4n) is 3.07. The van der Waals surface area contributed by atoms with Gasteiger partial charge in [-0.3, -0.25) is 4.79 Å². The van der Waals surface area contributed by atoms with Gasteiger partial charge in [0, 0.05) is 38.1 Å². The molecule has 0 atom stereocenters. The molecule has 1 aliphatic rings. The Bertz CT molecular complexity index is 674. The molecule has 5 nitrogen and oxygen atoms in total. The van der Waals surface area contributed by atoms with Gasteiger partial charge in [0.15, 0.2) is 0 Å².